The topological polar surface area (TPSA) is 265 Å². The fourth-order valence-corrected chi connectivity index (χ4v) is 5.60. The molecule has 0 spiro atoms. The second kappa shape index (κ2) is 9.63. The molecule has 14 heteroatoms. The van der Waals surface area contributed by atoms with Crippen molar-refractivity contribution in [1.29, 1.82) is 0 Å². The molecular weight excluding hydrogens is 534 g/mol. The number of benzene rings is 1. The van der Waals surface area contributed by atoms with Gasteiger partial charge in [-0.2, -0.15) is 0 Å². The SMILES string of the molecule is CN(C)[C@@H]1C(O)=C(C(N)=O)C(=O)[C@@]2(O)C(O)=C3C(=O)c4c(O)cccc4[C@@](C)(O)[C@H]3[C@H](O)[C@@H]12.O.O.[Zn]. The average Bonchev–Trinajstić information content (AvgIpc) is 2.70. The molecule has 6 atom stereocenters. The van der Waals surface area contributed by atoms with Crippen LogP contribution in [0, 0.1) is 11.8 Å². The van der Waals surface area contributed by atoms with Crippen LogP contribution in [-0.2, 0) is 34.7 Å². The number of nitrogens with zero attached hydrogens (tertiary/aromatic N) is 1. The zero-order valence-corrected chi connectivity index (χ0v) is 22.6. The summed E-state index contributed by atoms with van der Waals surface area (Å²) in [5, 5.41) is 66.5. The number of aliphatic hydroxyl groups is 5. The van der Waals surface area contributed by atoms with Crippen molar-refractivity contribution in [3.8, 4) is 5.75 Å². The number of amides is 1. The van der Waals surface area contributed by atoms with Crippen molar-refractivity contribution >= 4 is 17.5 Å². The molecule has 0 saturated carbocycles. The number of phenols is 1. The summed E-state index contributed by atoms with van der Waals surface area (Å²) in [6.07, 6.45) is -1.87. The number of hydrogen-bond acceptors (Lipinski definition) is 10. The van der Waals surface area contributed by atoms with E-state index in [1.54, 1.807) is 0 Å². The number of aromatic hydroxyl groups is 1. The largest absolute Gasteiger partial charge is 0.510 e. The number of likely N-dealkylation sites (N-methyl/N-ethyl adjacent to an activating group) is 1. The first-order valence-electron chi connectivity index (χ1n) is 10.1. The van der Waals surface area contributed by atoms with E-state index in [1.165, 1.54) is 44.1 Å². The number of carbonyl (C=O) groups excluding carboxylic acids is 3. The number of Topliss-reactive ketones (excluding diaryl/α,β-unsaturated/α-hetero) is 2. The van der Waals surface area contributed by atoms with Gasteiger partial charge in [0.2, 0.25) is 5.78 Å². The van der Waals surface area contributed by atoms with Crippen LogP contribution in [0.3, 0.4) is 0 Å². The molecule has 0 fully saturated rings. The fourth-order valence-electron chi connectivity index (χ4n) is 5.60. The normalized spacial score (nSPS) is 33.0. The Morgan fingerprint density at radius 1 is 1.08 bits per heavy atom. The summed E-state index contributed by atoms with van der Waals surface area (Å²) in [4.78, 5) is 39.8. The van der Waals surface area contributed by atoms with E-state index in [-0.39, 0.29) is 41.6 Å². The van der Waals surface area contributed by atoms with Gasteiger partial charge in [-0.05, 0) is 32.6 Å². The van der Waals surface area contributed by atoms with Gasteiger partial charge in [0.15, 0.2) is 11.4 Å². The summed E-state index contributed by atoms with van der Waals surface area (Å²) < 4.78 is 0. The van der Waals surface area contributed by atoms with Crippen LogP contribution in [0.1, 0.15) is 22.8 Å². The van der Waals surface area contributed by atoms with Crippen LogP contribution in [0.5, 0.6) is 5.75 Å². The quantitative estimate of drug-likeness (QED) is 0.143. The standard InChI is InChI=1S/C22H24N2O9.2H2O.Zn/c1-21(32)7-5-4-6-8(25)9(7)15(26)10-12(21)17(28)13-14(24(2)3)16(27)11(20(23)31)19(30)22(13,33)18(10)29;;;/h4-6,12-14,17,25,27-29,32-33H,1-3H3,(H2,23,31);2*1H2;/t12-,13-,14+,17+,21-,22+;;;/m1.../s1. The molecule has 1 amide bonds. The zero-order valence-electron chi connectivity index (χ0n) is 19.7. The van der Waals surface area contributed by atoms with Crippen molar-refractivity contribution in [2.45, 2.75) is 30.3 Å². The van der Waals surface area contributed by atoms with E-state index in [0.29, 0.717) is 0 Å². The number of aliphatic hydroxyl groups excluding tert-OH is 3. The Morgan fingerprint density at radius 2 is 1.64 bits per heavy atom. The molecule has 0 aliphatic heterocycles. The Morgan fingerprint density at radius 3 is 2.14 bits per heavy atom. The minimum Gasteiger partial charge on any atom is -0.510 e. The van der Waals surface area contributed by atoms with Crippen LogP contribution in [-0.4, -0.2) is 95.8 Å². The van der Waals surface area contributed by atoms with Crippen molar-refractivity contribution in [2.75, 3.05) is 14.1 Å². The number of phenolic OH excluding ortho intramolecular Hbond substituents is 1. The first-order valence-corrected chi connectivity index (χ1v) is 10.1. The van der Waals surface area contributed by atoms with E-state index in [1.807, 2.05) is 0 Å². The van der Waals surface area contributed by atoms with Crippen LogP contribution >= 0.6 is 0 Å². The molecule has 1 aromatic rings. The number of hydrogen-bond donors (Lipinski definition) is 7. The molecule has 1 aromatic carbocycles. The van der Waals surface area contributed by atoms with Crippen molar-refractivity contribution in [3.63, 3.8) is 0 Å². The summed E-state index contributed by atoms with van der Waals surface area (Å²) in [7, 11) is 2.85. The molecule has 194 valence electrons. The van der Waals surface area contributed by atoms with Gasteiger partial charge >= 0.3 is 0 Å². The first kappa shape index (κ1) is 31.3. The second-order valence-electron chi connectivity index (χ2n) is 9.06. The van der Waals surface area contributed by atoms with Crippen LogP contribution < -0.4 is 5.73 Å². The molecule has 0 heterocycles. The van der Waals surface area contributed by atoms with E-state index in [2.05, 4.69) is 0 Å². The van der Waals surface area contributed by atoms with Gasteiger partial charge in [0.25, 0.3) is 5.91 Å². The van der Waals surface area contributed by atoms with Crippen molar-refractivity contribution < 1.29 is 75.5 Å². The van der Waals surface area contributed by atoms with Crippen LogP contribution in [0.4, 0.5) is 0 Å². The maximum Gasteiger partial charge on any atom is 0.255 e. The van der Waals surface area contributed by atoms with Gasteiger partial charge in [0.1, 0.15) is 22.8 Å². The van der Waals surface area contributed by atoms with Gasteiger partial charge in [-0.25, -0.2) is 0 Å². The van der Waals surface area contributed by atoms with E-state index in [0.717, 1.165) is 0 Å². The number of carbonyl (C=O) groups is 3. The molecule has 4 rings (SSSR count). The number of nitrogens with two attached hydrogens (primary N) is 1. The summed E-state index contributed by atoms with van der Waals surface area (Å²) in [6, 6.07) is 2.54. The van der Waals surface area contributed by atoms with Crippen molar-refractivity contribution in [1.82, 2.24) is 4.90 Å². The molecule has 0 saturated heterocycles. The van der Waals surface area contributed by atoms with Crippen LogP contribution in [0.25, 0.3) is 0 Å². The molecule has 12 N–H and O–H groups in total. The van der Waals surface area contributed by atoms with E-state index in [4.69, 9.17) is 5.73 Å². The van der Waals surface area contributed by atoms with Gasteiger partial charge < -0.3 is 47.3 Å². The van der Waals surface area contributed by atoms with Gasteiger partial charge in [-0.3, -0.25) is 19.3 Å². The molecule has 0 unspecified atom stereocenters. The minimum atomic E-state index is -3.02. The van der Waals surface area contributed by atoms with E-state index < -0.39 is 81.1 Å². The Labute approximate surface area is 217 Å². The summed E-state index contributed by atoms with van der Waals surface area (Å²) in [6.45, 7) is 1.25. The average molecular weight is 562 g/mol. The monoisotopic (exact) mass is 560 g/mol. The summed E-state index contributed by atoms with van der Waals surface area (Å²) in [5.74, 6) is -9.66. The maximum atomic E-state index is 13.3. The number of ketones is 2. The van der Waals surface area contributed by atoms with Gasteiger partial charge in [-0.15, -0.1) is 0 Å². The minimum absolute atomic E-state index is 0. The second-order valence-corrected chi connectivity index (χ2v) is 9.06. The Kier molecular flexibility index (Phi) is 8.38. The number of primary amides is 1. The van der Waals surface area contributed by atoms with E-state index in [9.17, 15) is 45.0 Å². The third kappa shape index (κ3) is 3.60. The molecule has 3 aliphatic rings. The molecule has 3 aliphatic carbocycles. The third-order valence-corrected chi connectivity index (χ3v) is 7.04. The summed E-state index contributed by atoms with van der Waals surface area (Å²) in [5.41, 5.74) is -1.88. The first-order chi connectivity index (χ1) is 15.2. The molecule has 13 nitrogen and oxygen atoms in total. The van der Waals surface area contributed by atoms with Gasteiger partial charge in [0.05, 0.1) is 40.7 Å². The Balaban J connectivity index is 0.00000216. The molecule has 0 aromatic heterocycles. The predicted octanol–water partition coefficient (Wildman–Crippen LogP) is -2.90. The predicted molar refractivity (Wildman–Crippen MR) is 118 cm³/mol. The van der Waals surface area contributed by atoms with Crippen LogP contribution in [0.15, 0.2) is 40.9 Å². The number of rotatable bonds is 2. The molecule has 36 heavy (non-hydrogen) atoms. The van der Waals surface area contributed by atoms with Crippen molar-refractivity contribution in [2.24, 2.45) is 17.6 Å². The number of fused-ring (bicyclic) bond motifs is 3. The molecular formula is C22H28N2O11Zn. The maximum absolute atomic E-state index is 13.3. The molecule has 0 radical (unpaired) electrons. The van der Waals surface area contributed by atoms with Gasteiger partial charge in [0, 0.05) is 19.5 Å². The van der Waals surface area contributed by atoms with Crippen molar-refractivity contribution in [3.05, 3.63) is 52.0 Å². The Hall–Kier alpha value is -2.71. The Bertz CT molecular complexity index is 1190. The zero-order chi connectivity index (χ0) is 24.8. The van der Waals surface area contributed by atoms with Gasteiger partial charge in [-0.1, -0.05) is 12.1 Å². The van der Waals surface area contributed by atoms with E-state index >= 15 is 0 Å². The smallest absolute Gasteiger partial charge is 0.255 e. The molecule has 0 bridgehead atoms. The fraction of sp³-hybridized carbons (Fsp3) is 0.409. The summed E-state index contributed by atoms with van der Waals surface area (Å²) >= 11 is 0. The third-order valence-electron chi connectivity index (χ3n) is 7.04. The van der Waals surface area contributed by atoms with Crippen LogP contribution in [0.2, 0.25) is 0 Å².